The molecular weight excluding hydrogens is 319 g/mol. The first kappa shape index (κ1) is 18.4. The van der Waals surface area contributed by atoms with Crippen molar-refractivity contribution in [1.29, 1.82) is 0 Å². The van der Waals surface area contributed by atoms with Crippen molar-refractivity contribution in [3.63, 3.8) is 0 Å². The summed E-state index contributed by atoms with van der Waals surface area (Å²) in [5, 5.41) is 5.78. The van der Waals surface area contributed by atoms with Gasteiger partial charge >= 0.3 is 0 Å². The molecule has 132 valence electrons. The summed E-state index contributed by atoms with van der Waals surface area (Å²) in [5.41, 5.74) is 9.87. The van der Waals surface area contributed by atoms with E-state index in [1.807, 2.05) is 32.0 Å². The van der Waals surface area contributed by atoms with Crippen molar-refractivity contribution in [2.75, 3.05) is 18.4 Å². The van der Waals surface area contributed by atoms with Crippen molar-refractivity contribution in [2.45, 2.75) is 20.3 Å². The summed E-state index contributed by atoms with van der Waals surface area (Å²) in [6, 6.07) is 11.8. The highest BCUT2D eigenvalue weighted by atomic mass is 19.1. The summed E-state index contributed by atoms with van der Waals surface area (Å²) in [7, 11) is 0. The molecule has 4 N–H and O–H groups in total. The zero-order chi connectivity index (χ0) is 18.2. The summed E-state index contributed by atoms with van der Waals surface area (Å²) >= 11 is 0. The van der Waals surface area contributed by atoms with Gasteiger partial charge in [0, 0.05) is 12.2 Å². The molecule has 0 aliphatic heterocycles. The zero-order valence-corrected chi connectivity index (χ0v) is 14.5. The monoisotopic (exact) mass is 342 g/mol. The highest BCUT2D eigenvalue weighted by molar-refractivity contribution is 5.92. The van der Waals surface area contributed by atoms with Gasteiger partial charge in [-0.15, -0.1) is 0 Å². The van der Waals surface area contributed by atoms with Crippen molar-refractivity contribution in [3.05, 3.63) is 65.0 Å². The molecule has 1 amide bonds. The molecule has 6 heteroatoms. The van der Waals surface area contributed by atoms with E-state index >= 15 is 0 Å². The molecule has 2 aromatic carbocycles. The van der Waals surface area contributed by atoms with Gasteiger partial charge in [0.1, 0.15) is 5.82 Å². The number of carbonyl (C=O) groups is 1. The van der Waals surface area contributed by atoms with E-state index in [2.05, 4.69) is 15.6 Å². The average molecular weight is 342 g/mol. The summed E-state index contributed by atoms with van der Waals surface area (Å²) in [4.78, 5) is 16.0. The molecule has 0 spiro atoms. The van der Waals surface area contributed by atoms with Crippen LogP contribution in [-0.4, -0.2) is 25.0 Å². The number of rotatable bonds is 6. The van der Waals surface area contributed by atoms with Crippen LogP contribution in [0.1, 0.15) is 16.7 Å². The standard InChI is InChI=1S/C19H23FN4O/c1-13-3-8-17(11-14(13)2)24-19(21)23-10-9-22-18(25)12-15-4-6-16(20)7-5-15/h3-8,11H,9-10,12H2,1-2H3,(H,22,25)(H3,21,23,24). The first-order chi connectivity index (χ1) is 11.9. The Morgan fingerprint density at radius 2 is 1.84 bits per heavy atom. The van der Waals surface area contributed by atoms with E-state index in [1.165, 1.54) is 23.3 Å². The average Bonchev–Trinajstić information content (AvgIpc) is 2.57. The quantitative estimate of drug-likeness (QED) is 0.429. The molecule has 0 bridgehead atoms. The predicted octanol–water partition coefficient (Wildman–Crippen LogP) is 2.53. The molecule has 0 saturated heterocycles. The third-order valence-corrected chi connectivity index (χ3v) is 3.77. The van der Waals surface area contributed by atoms with Crippen molar-refractivity contribution >= 4 is 17.6 Å². The maximum atomic E-state index is 12.8. The molecule has 0 atom stereocenters. The Morgan fingerprint density at radius 1 is 1.12 bits per heavy atom. The van der Waals surface area contributed by atoms with Crippen molar-refractivity contribution in [3.8, 4) is 0 Å². The normalized spacial score (nSPS) is 11.2. The zero-order valence-electron chi connectivity index (χ0n) is 14.5. The molecule has 0 aliphatic rings. The Hall–Kier alpha value is -2.89. The molecule has 25 heavy (non-hydrogen) atoms. The lowest BCUT2D eigenvalue weighted by molar-refractivity contribution is -0.120. The van der Waals surface area contributed by atoms with Gasteiger partial charge in [-0.3, -0.25) is 9.79 Å². The molecule has 0 heterocycles. The Kier molecular flexibility index (Phi) is 6.51. The SMILES string of the molecule is Cc1ccc(NC(N)=NCCNC(=O)Cc2ccc(F)cc2)cc1C. The topological polar surface area (TPSA) is 79.5 Å². The second-order valence-electron chi connectivity index (χ2n) is 5.84. The summed E-state index contributed by atoms with van der Waals surface area (Å²) in [5.74, 6) is -0.149. The van der Waals surface area contributed by atoms with Crippen molar-refractivity contribution in [2.24, 2.45) is 10.7 Å². The number of anilines is 1. The Labute approximate surface area is 147 Å². The number of hydrogen-bond acceptors (Lipinski definition) is 2. The highest BCUT2D eigenvalue weighted by Gasteiger charge is 2.03. The van der Waals surface area contributed by atoms with E-state index in [-0.39, 0.29) is 18.1 Å². The van der Waals surface area contributed by atoms with Crippen molar-refractivity contribution < 1.29 is 9.18 Å². The minimum atomic E-state index is -0.315. The van der Waals surface area contributed by atoms with E-state index in [1.54, 1.807) is 12.1 Å². The molecule has 5 nitrogen and oxygen atoms in total. The number of nitrogens with one attached hydrogen (secondary N) is 2. The number of nitrogens with two attached hydrogens (primary N) is 1. The van der Waals surface area contributed by atoms with Gasteiger partial charge in [-0.1, -0.05) is 18.2 Å². The van der Waals surface area contributed by atoms with Crippen LogP contribution < -0.4 is 16.4 Å². The molecule has 0 saturated carbocycles. The molecule has 0 aliphatic carbocycles. The fourth-order valence-electron chi connectivity index (χ4n) is 2.23. The number of hydrogen-bond donors (Lipinski definition) is 3. The number of aryl methyl sites for hydroxylation is 2. The number of halogens is 1. The van der Waals surface area contributed by atoms with Crippen LogP contribution in [0, 0.1) is 19.7 Å². The van der Waals surface area contributed by atoms with Crippen LogP contribution in [0.4, 0.5) is 10.1 Å². The van der Waals surface area contributed by atoms with Crippen LogP contribution >= 0.6 is 0 Å². The van der Waals surface area contributed by atoms with Gasteiger partial charge in [0.05, 0.1) is 13.0 Å². The molecule has 0 fully saturated rings. The van der Waals surface area contributed by atoms with Gasteiger partial charge in [0.15, 0.2) is 5.96 Å². The Bertz CT molecular complexity index is 757. The van der Waals surface area contributed by atoms with E-state index in [0.717, 1.165) is 11.3 Å². The fourth-order valence-corrected chi connectivity index (χ4v) is 2.23. The lowest BCUT2D eigenvalue weighted by Gasteiger charge is -2.08. The van der Waals surface area contributed by atoms with Crippen LogP contribution in [0.15, 0.2) is 47.5 Å². The van der Waals surface area contributed by atoms with Crippen LogP contribution in [0.2, 0.25) is 0 Å². The fraction of sp³-hybridized carbons (Fsp3) is 0.263. The van der Waals surface area contributed by atoms with Crippen molar-refractivity contribution in [1.82, 2.24) is 5.32 Å². The molecule has 0 aromatic heterocycles. The third kappa shape index (κ3) is 6.25. The molecular formula is C19H23FN4O. The van der Waals surface area contributed by atoms with Gasteiger partial charge in [0.25, 0.3) is 0 Å². The lowest BCUT2D eigenvalue weighted by atomic mass is 10.1. The van der Waals surface area contributed by atoms with Gasteiger partial charge < -0.3 is 16.4 Å². The van der Waals surface area contributed by atoms with Crippen LogP contribution in [-0.2, 0) is 11.2 Å². The molecule has 2 aromatic rings. The molecule has 0 unspecified atom stereocenters. The summed E-state index contributed by atoms with van der Waals surface area (Å²) in [6.07, 6.45) is 0.209. The first-order valence-electron chi connectivity index (χ1n) is 8.09. The summed E-state index contributed by atoms with van der Waals surface area (Å²) < 4.78 is 12.8. The largest absolute Gasteiger partial charge is 0.370 e. The molecule has 0 radical (unpaired) electrons. The second kappa shape index (κ2) is 8.82. The minimum absolute atomic E-state index is 0.137. The number of benzene rings is 2. The van der Waals surface area contributed by atoms with Crippen LogP contribution in [0.3, 0.4) is 0 Å². The maximum Gasteiger partial charge on any atom is 0.224 e. The van der Waals surface area contributed by atoms with Crippen LogP contribution in [0.25, 0.3) is 0 Å². The van der Waals surface area contributed by atoms with E-state index < -0.39 is 0 Å². The van der Waals surface area contributed by atoms with Gasteiger partial charge in [0.2, 0.25) is 5.91 Å². The first-order valence-corrected chi connectivity index (χ1v) is 8.09. The van der Waals surface area contributed by atoms with Gasteiger partial charge in [-0.25, -0.2) is 4.39 Å². The van der Waals surface area contributed by atoms with E-state index in [0.29, 0.717) is 19.0 Å². The van der Waals surface area contributed by atoms with Gasteiger partial charge in [-0.05, 0) is 54.8 Å². The number of guanidine groups is 1. The summed E-state index contributed by atoms with van der Waals surface area (Å²) in [6.45, 7) is 4.84. The minimum Gasteiger partial charge on any atom is -0.370 e. The maximum absolute atomic E-state index is 12.8. The van der Waals surface area contributed by atoms with Crippen LogP contribution in [0.5, 0.6) is 0 Å². The Morgan fingerprint density at radius 3 is 2.52 bits per heavy atom. The number of aliphatic imine (C=N–C) groups is 1. The number of carbonyl (C=O) groups excluding carboxylic acids is 1. The third-order valence-electron chi connectivity index (χ3n) is 3.77. The lowest BCUT2D eigenvalue weighted by Crippen LogP contribution is -2.29. The second-order valence-corrected chi connectivity index (χ2v) is 5.84. The predicted molar refractivity (Wildman–Crippen MR) is 99.1 cm³/mol. The van der Waals surface area contributed by atoms with Gasteiger partial charge in [-0.2, -0.15) is 0 Å². The van der Waals surface area contributed by atoms with E-state index in [9.17, 15) is 9.18 Å². The van der Waals surface area contributed by atoms with E-state index in [4.69, 9.17) is 5.73 Å². The molecule has 2 rings (SSSR count). The highest BCUT2D eigenvalue weighted by Crippen LogP contribution is 2.13. The number of nitrogens with zero attached hydrogens (tertiary/aromatic N) is 1. The smallest absolute Gasteiger partial charge is 0.224 e. The number of amides is 1. The Balaban J connectivity index is 1.73.